The summed E-state index contributed by atoms with van der Waals surface area (Å²) in [4.78, 5) is 0. The van der Waals surface area contributed by atoms with E-state index in [2.05, 4.69) is 36.3 Å². The molecule has 0 aliphatic carbocycles. The van der Waals surface area contributed by atoms with Crippen molar-refractivity contribution in [1.29, 1.82) is 0 Å². The molecule has 0 saturated heterocycles. The summed E-state index contributed by atoms with van der Waals surface area (Å²) in [6.45, 7) is 9.44. The fraction of sp³-hybridized carbons (Fsp3) is 0.818. The number of hydrogen-bond donors (Lipinski definition) is 1. The van der Waals surface area contributed by atoms with Crippen LogP contribution in [-0.4, -0.2) is 16.7 Å². The summed E-state index contributed by atoms with van der Waals surface area (Å²) in [5.41, 5.74) is 0. The Kier molecular flexibility index (Phi) is 4.75. The van der Waals surface area contributed by atoms with Gasteiger partial charge in [-0.1, -0.05) is 20.8 Å². The number of rotatable bonds is 6. The molecule has 1 unspecified atom stereocenters. The van der Waals surface area contributed by atoms with Crippen molar-refractivity contribution < 1.29 is 4.42 Å². The summed E-state index contributed by atoms with van der Waals surface area (Å²) in [6, 6.07) is 0.151. The van der Waals surface area contributed by atoms with Crippen LogP contribution in [0, 0.1) is 5.92 Å². The second-order valence-electron chi connectivity index (χ2n) is 4.31. The molecule has 1 aromatic heterocycles. The molecule has 1 heterocycles. The summed E-state index contributed by atoms with van der Waals surface area (Å²) in [7, 11) is 0. The van der Waals surface area contributed by atoms with Gasteiger partial charge in [-0.05, 0) is 25.8 Å². The van der Waals surface area contributed by atoms with Crippen molar-refractivity contribution in [3.8, 4) is 0 Å². The molecular formula is C11H21N3O. The van der Waals surface area contributed by atoms with Crippen molar-refractivity contribution in [3.05, 3.63) is 11.8 Å². The summed E-state index contributed by atoms with van der Waals surface area (Å²) >= 11 is 0. The van der Waals surface area contributed by atoms with E-state index in [-0.39, 0.29) is 6.04 Å². The average molecular weight is 211 g/mol. The highest BCUT2D eigenvalue weighted by molar-refractivity contribution is 4.88. The first-order chi connectivity index (χ1) is 7.13. The van der Waals surface area contributed by atoms with Gasteiger partial charge >= 0.3 is 0 Å². The predicted molar refractivity (Wildman–Crippen MR) is 59.5 cm³/mol. The van der Waals surface area contributed by atoms with E-state index >= 15 is 0 Å². The van der Waals surface area contributed by atoms with Gasteiger partial charge in [0.15, 0.2) is 0 Å². The second kappa shape index (κ2) is 5.85. The van der Waals surface area contributed by atoms with Gasteiger partial charge in [0.2, 0.25) is 11.8 Å². The molecule has 15 heavy (non-hydrogen) atoms. The molecule has 4 heteroatoms. The van der Waals surface area contributed by atoms with Crippen molar-refractivity contribution in [3.63, 3.8) is 0 Å². The molecule has 0 saturated carbocycles. The first-order valence-electron chi connectivity index (χ1n) is 5.69. The Labute approximate surface area is 91.5 Å². The Bertz CT molecular complexity index is 283. The van der Waals surface area contributed by atoms with Crippen LogP contribution in [0.5, 0.6) is 0 Å². The molecule has 0 aliphatic rings. The van der Waals surface area contributed by atoms with E-state index < -0.39 is 0 Å². The SMILES string of the molecule is CCCNC(C)c1nnc(CC(C)C)o1. The highest BCUT2D eigenvalue weighted by atomic mass is 16.4. The van der Waals surface area contributed by atoms with Crippen LogP contribution in [0.4, 0.5) is 0 Å². The summed E-state index contributed by atoms with van der Waals surface area (Å²) in [6.07, 6.45) is 1.96. The maximum Gasteiger partial charge on any atom is 0.233 e. The maximum absolute atomic E-state index is 5.57. The van der Waals surface area contributed by atoms with E-state index in [4.69, 9.17) is 4.42 Å². The van der Waals surface area contributed by atoms with Gasteiger partial charge < -0.3 is 9.73 Å². The second-order valence-corrected chi connectivity index (χ2v) is 4.31. The molecule has 0 fully saturated rings. The molecule has 1 aromatic rings. The van der Waals surface area contributed by atoms with Crippen LogP contribution in [-0.2, 0) is 6.42 Å². The average Bonchev–Trinajstić information content (AvgIpc) is 2.61. The molecule has 1 atom stereocenters. The lowest BCUT2D eigenvalue weighted by molar-refractivity contribution is 0.381. The smallest absolute Gasteiger partial charge is 0.233 e. The van der Waals surface area contributed by atoms with Gasteiger partial charge in [-0.2, -0.15) is 0 Å². The fourth-order valence-electron chi connectivity index (χ4n) is 1.32. The molecule has 1 N–H and O–H groups in total. The van der Waals surface area contributed by atoms with Gasteiger partial charge in [-0.25, -0.2) is 0 Å². The van der Waals surface area contributed by atoms with Crippen LogP contribution in [0.2, 0.25) is 0 Å². The summed E-state index contributed by atoms with van der Waals surface area (Å²) in [5.74, 6) is 1.99. The van der Waals surface area contributed by atoms with E-state index in [9.17, 15) is 0 Å². The van der Waals surface area contributed by atoms with E-state index in [1.807, 2.05) is 6.92 Å². The highest BCUT2D eigenvalue weighted by Crippen LogP contribution is 2.12. The lowest BCUT2D eigenvalue weighted by atomic mass is 10.1. The van der Waals surface area contributed by atoms with Gasteiger partial charge in [0, 0.05) is 6.42 Å². The normalized spacial score (nSPS) is 13.4. The van der Waals surface area contributed by atoms with Crippen LogP contribution < -0.4 is 5.32 Å². The monoisotopic (exact) mass is 211 g/mol. The van der Waals surface area contributed by atoms with Crippen molar-refractivity contribution in [1.82, 2.24) is 15.5 Å². The van der Waals surface area contributed by atoms with Crippen molar-refractivity contribution >= 4 is 0 Å². The van der Waals surface area contributed by atoms with Crippen LogP contribution >= 0.6 is 0 Å². The van der Waals surface area contributed by atoms with Crippen molar-refractivity contribution in [2.75, 3.05) is 6.54 Å². The Morgan fingerprint density at radius 2 is 2.00 bits per heavy atom. The van der Waals surface area contributed by atoms with Crippen molar-refractivity contribution in [2.24, 2.45) is 5.92 Å². The molecule has 4 nitrogen and oxygen atoms in total. The molecular weight excluding hydrogens is 190 g/mol. The van der Waals surface area contributed by atoms with Crippen LogP contribution in [0.3, 0.4) is 0 Å². The molecule has 1 rings (SSSR count). The molecule has 0 aliphatic heterocycles. The molecule has 0 amide bonds. The van der Waals surface area contributed by atoms with E-state index in [0.717, 1.165) is 25.3 Å². The zero-order valence-electron chi connectivity index (χ0n) is 10.1. The zero-order valence-corrected chi connectivity index (χ0v) is 10.1. The minimum absolute atomic E-state index is 0.151. The number of nitrogens with one attached hydrogen (secondary N) is 1. The summed E-state index contributed by atoms with van der Waals surface area (Å²) in [5, 5.41) is 11.4. The number of hydrogen-bond acceptors (Lipinski definition) is 4. The first-order valence-corrected chi connectivity index (χ1v) is 5.69. The third-order valence-electron chi connectivity index (χ3n) is 2.14. The van der Waals surface area contributed by atoms with Gasteiger partial charge in [-0.15, -0.1) is 10.2 Å². The first kappa shape index (κ1) is 12.2. The van der Waals surface area contributed by atoms with Gasteiger partial charge in [0.1, 0.15) is 0 Å². The Morgan fingerprint density at radius 1 is 1.27 bits per heavy atom. The van der Waals surface area contributed by atoms with Crippen molar-refractivity contribution in [2.45, 2.75) is 46.6 Å². The standard InChI is InChI=1S/C11H21N3O/c1-5-6-12-9(4)11-14-13-10(15-11)7-8(2)3/h8-9,12H,5-7H2,1-4H3. The Morgan fingerprint density at radius 3 is 2.60 bits per heavy atom. The molecule has 86 valence electrons. The lowest BCUT2D eigenvalue weighted by Gasteiger charge is -2.07. The van der Waals surface area contributed by atoms with Gasteiger partial charge in [-0.3, -0.25) is 0 Å². The van der Waals surface area contributed by atoms with Crippen LogP contribution in [0.15, 0.2) is 4.42 Å². The maximum atomic E-state index is 5.57. The van der Waals surface area contributed by atoms with Gasteiger partial charge in [0.25, 0.3) is 0 Å². The zero-order chi connectivity index (χ0) is 11.3. The molecule has 0 bridgehead atoms. The molecule has 0 spiro atoms. The third kappa shape index (κ3) is 4.00. The predicted octanol–water partition coefficient (Wildman–Crippen LogP) is 2.33. The minimum atomic E-state index is 0.151. The van der Waals surface area contributed by atoms with Crippen LogP contribution in [0.1, 0.15) is 51.9 Å². The lowest BCUT2D eigenvalue weighted by Crippen LogP contribution is -2.19. The van der Waals surface area contributed by atoms with Crippen LogP contribution in [0.25, 0.3) is 0 Å². The molecule has 0 radical (unpaired) electrons. The third-order valence-corrected chi connectivity index (χ3v) is 2.14. The topological polar surface area (TPSA) is 51.0 Å². The quantitative estimate of drug-likeness (QED) is 0.784. The fourth-order valence-corrected chi connectivity index (χ4v) is 1.32. The minimum Gasteiger partial charge on any atom is -0.424 e. The Balaban J connectivity index is 2.51. The highest BCUT2D eigenvalue weighted by Gasteiger charge is 2.13. The summed E-state index contributed by atoms with van der Waals surface area (Å²) < 4.78 is 5.57. The Hall–Kier alpha value is -0.900. The van der Waals surface area contributed by atoms with Gasteiger partial charge in [0.05, 0.1) is 6.04 Å². The molecule has 0 aromatic carbocycles. The number of aromatic nitrogens is 2. The van der Waals surface area contributed by atoms with E-state index in [1.165, 1.54) is 0 Å². The number of nitrogens with zero attached hydrogens (tertiary/aromatic N) is 2. The largest absolute Gasteiger partial charge is 0.424 e. The van der Waals surface area contributed by atoms with E-state index in [1.54, 1.807) is 0 Å². The van der Waals surface area contributed by atoms with E-state index in [0.29, 0.717) is 11.8 Å².